The molecule has 0 saturated carbocycles. The number of carbonyl (C=O) groups is 1. The maximum absolute atomic E-state index is 12.6. The van der Waals surface area contributed by atoms with Crippen molar-refractivity contribution in [3.05, 3.63) is 46.4 Å². The van der Waals surface area contributed by atoms with Crippen LogP contribution in [0.5, 0.6) is 0 Å². The quantitative estimate of drug-likeness (QED) is 0.793. The van der Waals surface area contributed by atoms with Crippen molar-refractivity contribution < 1.29 is 4.79 Å². The van der Waals surface area contributed by atoms with Crippen molar-refractivity contribution in [1.82, 2.24) is 14.7 Å². The Hall–Kier alpha value is -2.34. The van der Waals surface area contributed by atoms with Crippen LogP contribution in [0.1, 0.15) is 18.5 Å². The fraction of sp³-hybridized carbons (Fsp3) is 0.375. The summed E-state index contributed by atoms with van der Waals surface area (Å²) < 4.78 is 3.30. The maximum atomic E-state index is 12.6. The summed E-state index contributed by atoms with van der Waals surface area (Å²) in [5.74, 6) is -0.138. The zero-order valence-electron chi connectivity index (χ0n) is 13.2. The Bertz CT molecular complexity index is 701. The Morgan fingerprint density at radius 1 is 1.23 bits per heavy atom. The van der Waals surface area contributed by atoms with E-state index in [1.807, 2.05) is 44.3 Å². The summed E-state index contributed by atoms with van der Waals surface area (Å²) in [5, 5.41) is 5.74. The molecule has 0 bridgehead atoms. The number of anilines is 1. The van der Waals surface area contributed by atoms with E-state index in [1.54, 1.807) is 16.4 Å². The van der Waals surface area contributed by atoms with Crippen molar-refractivity contribution >= 4 is 11.6 Å². The van der Waals surface area contributed by atoms with E-state index in [1.165, 1.54) is 0 Å². The van der Waals surface area contributed by atoms with Gasteiger partial charge in [-0.25, -0.2) is 4.68 Å². The number of nitrogens with zero attached hydrogens (tertiary/aromatic N) is 2. The minimum Gasteiger partial charge on any atom is -0.320 e. The SMILES string of the molecule is CNCCCC(=O)Nc1c(C)n(C)n(-c2ccccc2)c1=O. The minimum absolute atomic E-state index is 0.138. The van der Waals surface area contributed by atoms with Gasteiger partial charge in [-0.2, -0.15) is 0 Å². The van der Waals surface area contributed by atoms with Crippen molar-refractivity contribution in [2.45, 2.75) is 19.8 Å². The lowest BCUT2D eigenvalue weighted by Crippen LogP contribution is -2.23. The van der Waals surface area contributed by atoms with E-state index in [2.05, 4.69) is 10.6 Å². The van der Waals surface area contributed by atoms with Gasteiger partial charge in [0.05, 0.1) is 11.4 Å². The first-order chi connectivity index (χ1) is 10.6. The number of carbonyl (C=O) groups excluding carboxylic acids is 1. The molecule has 0 spiro atoms. The van der Waals surface area contributed by atoms with Gasteiger partial charge in [0.1, 0.15) is 5.69 Å². The predicted octanol–water partition coefficient (Wildman–Crippen LogP) is 1.42. The van der Waals surface area contributed by atoms with Gasteiger partial charge in [-0.05, 0) is 39.1 Å². The Labute approximate surface area is 129 Å². The number of benzene rings is 1. The van der Waals surface area contributed by atoms with Gasteiger partial charge < -0.3 is 10.6 Å². The standard InChI is InChI=1S/C16H22N4O2/c1-12-15(18-14(21)10-7-11-17-2)16(22)20(19(12)3)13-8-5-4-6-9-13/h4-6,8-9,17H,7,10-11H2,1-3H3,(H,18,21). The van der Waals surface area contributed by atoms with E-state index in [0.29, 0.717) is 12.1 Å². The van der Waals surface area contributed by atoms with Gasteiger partial charge >= 0.3 is 0 Å². The fourth-order valence-corrected chi connectivity index (χ4v) is 2.34. The summed E-state index contributed by atoms with van der Waals surface area (Å²) in [4.78, 5) is 24.5. The van der Waals surface area contributed by atoms with Crippen LogP contribution in [0.2, 0.25) is 0 Å². The lowest BCUT2D eigenvalue weighted by Gasteiger charge is -2.07. The van der Waals surface area contributed by atoms with Crippen LogP contribution in [0.4, 0.5) is 5.69 Å². The molecule has 1 aromatic heterocycles. The third kappa shape index (κ3) is 3.28. The van der Waals surface area contributed by atoms with Crippen molar-refractivity contribution in [1.29, 1.82) is 0 Å². The number of rotatable bonds is 6. The molecule has 0 aliphatic heterocycles. The van der Waals surface area contributed by atoms with Gasteiger partial charge in [0, 0.05) is 13.5 Å². The van der Waals surface area contributed by atoms with E-state index >= 15 is 0 Å². The Balaban J connectivity index is 2.27. The van der Waals surface area contributed by atoms with Crippen LogP contribution in [0.3, 0.4) is 0 Å². The van der Waals surface area contributed by atoms with Crippen LogP contribution >= 0.6 is 0 Å². The van der Waals surface area contributed by atoms with E-state index in [0.717, 1.165) is 24.3 Å². The molecule has 2 aromatic rings. The van der Waals surface area contributed by atoms with Crippen LogP contribution in [-0.2, 0) is 11.8 Å². The van der Waals surface area contributed by atoms with Crippen LogP contribution < -0.4 is 16.2 Å². The normalized spacial score (nSPS) is 10.7. The first-order valence-electron chi connectivity index (χ1n) is 7.34. The van der Waals surface area contributed by atoms with Crippen LogP contribution in [0.15, 0.2) is 35.1 Å². The summed E-state index contributed by atoms with van der Waals surface area (Å²) in [6.45, 7) is 2.60. The molecule has 6 heteroatoms. The van der Waals surface area contributed by atoms with Gasteiger partial charge in [-0.15, -0.1) is 0 Å². The van der Waals surface area contributed by atoms with E-state index in [-0.39, 0.29) is 11.5 Å². The molecule has 0 fully saturated rings. The van der Waals surface area contributed by atoms with Crippen molar-refractivity contribution in [2.24, 2.45) is 7.05 Å². The molecule has 0 radical (unpaired) electrons. The van der Waals surface area contributed by atoms with E-state index in [4.69, 9.17) is 0 Å². The molecular weight excluding hydrogens is 280 g/mol. The molecular formula is C16H22N4O2. The molecule has 0 saturated heterocycles. The van der Waals surface area contributed by atoms with Crippen molar-refractivity contribution in [2.75, 3.05) is 18.9 Å². The summed E-state index contributed by atoms with van der Waals surface area (Å²) in [5.41, 5.74) is 1.64. The number of para-hydroxylation sites is 1. The van der Waals surface area contributed by atoms with Gasteiger partial charge in [0.15, 0.2) is 0 Å². The summed E-state index contributed by atoms with van der Waals surface area (Å²) in [7, 11) is 3.65. The molecule has 0 atom stereocenters. The van der Waals surface area contributed by atoms with Crippen LogP contribution in [-0.4, -0.2) is 28.9 Å². The number of nitrogens with one attached hydrogen (secondary N) is 2. The van der Waals surface area contributed by atoms with Crippen LogP contribution in [0.25, 0.3) is 5.69 Å². The predicted molar refractivity (Wildman–Crippen MR) is 87.5 cm³/mol. The first kappa shape index (κ1) is 16.0. The molecule has 6 nitrogen and oxygen atoms in total. The molecule has 22 heavy (non-hydrogen) atoms. The zero-order valence-corrected chi connectivity index (χ0v) is 13.2. The van der Waals surface area contributed by atoms with Crippen molar-refractivity contribution in [3.8, 4) is 5.69 Å². The van der Waals surface area contributed by atoms with E-state index < -0.39 is 0 Å². The summed E-state index contributed by atoms with van der Waals surface area (Å²) >= 11 is 0. The molecule has 0 aliphatic rings. The molecule has 118 valence electrons. The molecule has 2 N–H and O–H groups in total. The van der Waals surface area contributed by atoms with Gasteiger partial charge in [-0.3, -0.25) is 14.3 Å². The third-order valence-electron chi connectivity index (χ3n) is 3.65. The molecule has 1 amide bonds. The molecule has 1 heterocycles. The molecule has 1 aromatic carbocycles. The largest absolute Gasteiger partial charge is 0.320 e. The molecule has 2 rings (SSSR count). The third-order valence-corrected chi connectivity index (χ3v) is 3.65. The first-order valence-corrected chi connectivity index (χ1v) is 7.34. The highest BCUT2D eigenvalue weighted by Gasteiger charge is 2.17. The minimum atomic E-state index is -0.215. The lowest BCUT2D eigenvalue weighted by atomic mass is 10.3. The second-order valence-corrected chi connectivity index (χ2v) is 5.19. The average Bonchev–Trinajstić information content (AvgIpc) is 2.72. The summed E-state index contributed by atoms with van der Waals surface area (Å²) in [6, 6.07) is 9.37. The highest BCUT2D eigenvalue weighted by atomic mass is 16.2. The van der Waals surface area contributed by atoms with E-state index in [9.17, 15) is 9.59 Å². The second-order valence-electron chi connectivity index (χ2n) is 5.19. The van der Waals surface area contributed by atoms with Gasteiger partial charge in [0.25, 0.3) is 5.56 Å². The Morgan fingerprint density at radius 2 is 1.91 bits per heavy atom. The number of hydrogen-bond donors (Lipinski definition) is 2. The van der Waals surface area contributed by atoms with Gasteiger partial charge in [0.2, 0.25) is 5.91 Å². The number of aromatic nitrogens is 2. The number of amides is 1. The summed E-state index contributed by atoms with van der Waals surface area (Å²) in [6.07, 6.45) is 1.13. The fourth-order valence-electron chi connectivity index (χ4n) is 2.34. The lowest BCUT2D eigenvalue weighted by molar-refractivity contribution is -0.116. The maximum Gasteiger partial charge on any atom is 0.295 e. The highest BCUT2D eigenvalue weighted by molar-refractivity contribution is 5.91. The number of hydrogen-bond acceptors (Lipinski definition) is 3. The van der Waals surface area contributed by atoms with Crippen molar-refractivity contribution in [3.63, 3.8) is 0 Å². The Kier molecular flexibility index (Phi) is 5.16. The topological polar surface area (TPSA) is 68.1 Å². The van der Waals surface area contributed by atoms with Gasteiger partial charge in [-0.1, -0.05) is 18.2 Å². The molecule has 0 aliphatic carbocycles. The smallest absolute Gasteiger partial charge is 0.295 e. The molecule has 0 unspecified atom stereocenters. The monoisotopic (exact) mass is 302 g/mol. The zero-order chi connectivity index (χ0) is 16.1. The Morgan fingerprint density at radius 3 is 2.55 bits per heavy atom. The highest BCUT2D eigenvalue weighted by Crippen LogP contribution is 2.14. The second kappa shape index (κ2) is 7.09. The average molecular weight is 302 g/mol. The van der Waals surface area contributed by atoms with Crippen LogP contribution in [0, 0.1) is 6.92 Å².